The lowest BCUT2D eigenvalue weighted by molar-refractivity contribution is -0.385. The zero-order chi connectivity index (χ0) is 14.9. The summed E-state index contributed by atoms with van der Waals surface area (Å²) in [6.45, 7) is 4.57. The van der Waals surface area contributed by atoms with Gasteiger partial charge in [0, 0.05) is 19.0 Å². The van der Waals surface area contributed by atoms with Gasteiger partial charge in [-0.05, 0) is 12.0 Å². The highest BCUT2D eigenvalue weighted by Crippen LogP contribution is 2.29. The van der Waals surface area contributed by atoms with E-state index in [0.29, 0.717) is 29.1 Å². The van der Waals surface area contributed by atoms with Crippen LogP contribution in [0.1, 0.15) is 13.8 Å². The molecule has 0 aliphatic heterocycles. The molecule has 6 nitrogen and oxygen atoms in total. The standard InChI is InChI=1S/C14H17N3O3/c1-9(2)8-15-12-10-6-4-5-7-11(10)16(3)14(18)13(12)17(19)20/h4-7,9,15H,8H2,1-3H3. The second-order valence-electron chi connectivity index (χ2n) is 5.14. The maximum Gasteiger partial charge on any atom is 0.357 e. The van der Waals surface area contributed by atoms with Gasteiger partial charge in [-0.25, -0.2) is 0 Å². The number of nitro groups is 1. The predicted octanol–water partition coefficient (Wildman–Crippen LogP) is 2.51. The van der Waals surface area contributed by atoms with Gasteiger partial charge >= 0.3 is 11.2 Å². The van der Waals surface area contributed by atoms with Crippen molar-refractivity contribution in [2.75, 3.05) is 11.9 Å². The Morgan fingerprint density at radius 2 is 2.00 bits per heavy atom. The molecule has 0 amide bonds. The third-order valence-corrected chi connectivity index (χ3v) is 3.15. The first-order valence-corrected chi connectivity index (χ1v) is 6.43. The fourth-order valence-corrected chi connectivity index (χ4v) is 2.13. The summed E-state index contributed by atoms with van der Waals surface area (Å²) in [7, 11) is 1.55. The summed E-state index contributed by atoms with van der Waals surface area (Å²) >= 11 is 0. The molecule has 0 unspecified atom stereocenters. The molecule has 0 aliphatic rings. The van der Waals surface area contributed by atoms with Gasteiger partial charge in [-0.1, -0.05) is 32.0 Å². The predicted molar refractivity (Wildman–Crippen MR) is 79.2 cm³/mol. The molecule has 0 saturated carbocycles. The topological polar surface area (TPSA) is 77.2 Å². The summed E-state index contributed by atoms with van der Waals surface area (Å²) in [6, 6.07) is 7.17. The van der Waals surface area contributed by atoms with Gasteiger partial charge in [0.1, 0.15) is 5.69 Å². The number of nitrogens with zero attached hydrogens (tertiary/aromatic N) is 2. The normalized spacial score (nSPS) is 11.0. The lowest BCUT2D eigenvalue weighted by atomic mass is 10.1. The first-order valence-electron chi connectivity index (χ1n) is 6.43. The summed E-state index contributed by atoms with van der Waals surface area (Å²) < 4.78 is 1.31. The van der Waals surface area contributed by atoms with Crippen molar-refractivity contribution in [1.29, 1.82) is 0 Å². The summed E-state index contributed by atoms with van der Waals surface area (Å²) in [5.41, 5.74) is -0.0106. The van der Waals surface area contributed by atoms with E-state index in [9.17, 15) is 14.9 Å². The SMILES string of the molecule is CC(C)CNc1c([N+](=O)[O-])c(=O)n(C)c2ccccc12. The average molecular weight is 275 g/mol. The van der Waals surface area contributed by atoms with Crippen LogP contribution in [-0.2, 0) is 7.05 Å². The Labute approximate surface area is 116 Å². The van der Waals surface area contributed by atoms with Gasteiger partial charge in [-0.2, -0.15) is 0 Å². The minimum atomic E-state index is -0.614. The Morgan fingerprint density at radius 1 is 1.35 bits per heavy atom. The molecule has 1 heterocycles. The van der Waals surface area contributed by atoms with E-state index >= 15 is 0 Å². The van der Waals surface area contributed by atoms with Gasteiger partial charge in [-0.3, -0.25) is 14.9 Å². The van der Waals surface area contributed by atoms with Gasteiger partial charge in [-0.15, -0.1) is 0 Å². The van der Waals surface area contributed by atoms with E-state index in [1.54, 1.807) is 31.3 Å². The van der Waals surface area contributed by atoms with Crippen molar-refractivity contribution in [1.82, 2.24) is 4.57 Å². The Kier molecular flexibility index (Phi) is 3.74. The number of fused-ring (bicyclic) bond motifs is 1. The van der Waals surface area contributed by atoms with E-state index in [0.717, 1.165) is 0 Å². The van der Waals surface area contributed by atoms with Gasteiger partial charge in [0.25, 0.3) is 0 Å². The van der Waals surface area contributed by atoms with Crippen molar-refractivity contribution < 1.29 is 4.92 Å². The fraction of sp³-hybridized carbons (Fsp3) is 0.357. The van der Waals surface area contributed by atoms with Crippen LogP contribution < -0.4 is 10.9 Å². The number of anilines is 1. The van der Waals surface area contributed by atoms with Crippen molar-refractivity contribution in [3.63, 3.8) is 0 Å². The number of aryl methyl sites for hydroxylation is 1. The molecule has 6 heteroatoms. The summed E-state index contributed by atoms with van der Waals surface area (Å²) in [5, 5.41) is 15.0. The van der Waals surface area contributed by atoms with E-state index in [1.807, 2.05) is 13.8 Å². The quantitative estimate of drug-likeness (QED) is 0.687. The van der Waals surface area contributed by atoms with Crippen molar-refractivity contribution in [3.05, 3.63) is 44.7 Å². The van der Waals surface area contributed by atoms with E-state index in [2.05, 4.69) is 5.32 Å². The Balaban J connectivity index is 2.79. The van der Waals surface area contributed by atoms with Crippen LogP contribution in [0.25, 0.3) is 10.9 Å². The first kappa shape index (κ1) is 14.0. The molecule has 2 rings (SSSR count). The van der Waals surface area contributed by atoms with Crippen molar-refractivity contribution in [2.45, 2.75) is 13.8 Å². The molecule has 2 aromatic rings. The number of rotatable bonds is 4. The molecule has 1 aromatic carbocycles. The largest absolute Gasteiger partial charge is 0.378 e. The van der Waals surface area contributed by atoms with Gasteiger partial charge in [0.05, 0.1) is 10.4 Å². The number of pyridine rings is 1. The van der Waals surface area contributed by atoms with Crippen molar-refractivity contribution >= 4 is 22.3 Å². The molecule has 0 aliphatic carbocycles. The zero-order valence-electron chi connectivity index (χ0n) is 11.7. The minimum absolute atomic E-state index is 0.308. The van der Waals surface area contributed by atoms with Crippen molar-refractivity contribution in [2.24, 2.45) is 13.0 Å². The first-order chi connectivity index (χ1) is 9.43. The Morgan fingerprint density at radius 3 is 2.60 bits per heavy atom. The smallest absolute Gasteiger partial charge is 0.357 e. The van der Waals surface area contributed by atoms with Crippen LogP contribution in [0.5, 0.6) is 0 Å². The maximum atomic E-state index is 12.2. The molecule has 20 heavy (non-hydrogen) atoms. The van der Waals surface area contributed by atoms with Gasteiger partial charge in [0.15, 0.2) is 0 Å². The number of benzene rings is 1. The molecule has 0 spiro atoms. The van der Waals surface area contributed by atoms with E-state index in [-0.39, 0.29) is 0 Å². The molecule has 0 radical (unpaired) electrons. The Hall–Kier alpha value is -2.37. The molecule has 0 fully saturated rings. The van der Waals surface area contributed by atoms with Crippen LogP contribution in [0.15, 0.2) is 29.1 Å². The molecule has 1 aromatic heterocycles. The van der Waals surface area contributed by atoms with Crippen LogP contribution in [0.3, 0.4) is 0 Å². The molecule has 106 valence electrons. The van der Waals surface area contributed by atoms with Crippen LogP contribution in [-0.4, -0.2) is 16.0 Å². The van der Waals surface area contributed by atoms with Gasteiger partial charge < -0.3 is 9.88 Å². The highest BCUT2D eigenvalue weighted by Gasteiger charge is 2.24. The number of para-hydroxylation sites is 1. The molecule has 0 saturated heterocycles. The monoisotopic (exact) mass is 275 g/mol. The maximum absolute atomic E-state index is 12.2. The molecular formula is C14H17N3O3. The van der Waals surface area contributed by atoms with Crippen LogP contribution in [0.2, 0.25) is 0 Å². The van der Waals surface area contributed by atoms with Crippen molar-refractivity contribution in [3.8, 4) is 0 Å². The van der Waals surface area contributed by atoms with Crippen LogP contribution in [0, 0.1) is 16.0 Å². The zero-order valence-corrected chi connectivity index (χ0v) is 11.7. The van der Waals surface area contributed by atoms with Crippen LogP contribution in [0.4, 0.5) is 11.4 Å². The number of nitrogens with one attached hydrogen (secondary N) is 1. The fourth-order valence-electron chi connectivity index (χ4n) is 2.13. The van der Waals surface area contributed by atoms with Crippen LogP contribution >= 0.6 is 0 Å². The van der Waals surface area contributed by atoms with E-state index in [4.69, 9.17) is 0 Å². The second kappa shape index (κ2) is 5.32. The molecular weight excluding hydrogens is 258 g/mol. The summed E-state index contributed by atoms with van der Waals surface area (Å²) in [5.74, 6) is 0.317. The second-order valence-corrected chi connectivity index (χ2v) is 5.14. The lowest BCUT2D eigenvalue weighted by Crippen LogP contribution is -2.23. The number of aromatic nitrogens is 1. The third kappa shape index (κ3) is 2.36. The summed E-state index contributed by atoms with van der Waals surface area (Å²) in [4.78, 5) is 22.8. The molecule has 0 atom stereocenters. The van der Waals surface area contributed by atoms with Gasteiger partial charge in [0.2, 0.25) is 0 Å². The average Bonchev–Trinajstić information content (AvgIpc) is 2.40. The number of hydrogen-bond donors (Lipinski definition) is 1. The highest BCUT2D eigenvalue weighted by atomic mass is 16.6. The highest BCUT2D eigenvalue weighted by molar-refractivity contribution is 5.96. The molecule has 1 N–H and O–H groups in total. The minimum Gasteiger partial charge on any atom is -0.378 e. The van der Waals surface area contributed by atoms with E-state index < -0.39 is 16.2 Å². The Bertz CT molecular complexity index is 719. The lowest BCUT2D eigenvalue weighted by Gasteiger charge is -2.13. The van der Waals surface area contributed by atoms with E-state index in [1.165, 1.54) is 4.57 Å². The number of hydrogen-bond acceptors (Lipinski definition) is 4. The summed E-state index contributed by atoms with van der Waals surface area (Å²) in [6.07, 6.45) is 0. The third-order valence-electron chi connectivity index (χ3n) is 3.15. The molecule has 0 bridgehead atoms.